The van der Waals surface area contributed by atoms with E-state index in [1.165, 1.54) is 6.42 Å². The highest BCUT2D eigenvalue weighted by atomic mass is 35.5. The molecule has 4 rings (SSSR count). The summed E-state index contributed by atoms with van der Waals surface area (Å²) in [7, 11) is 0. The van der Waals surface area contributed by atoms with Gasteiger partial charge in [0.05, 0.1) is 16.3 Å². The van der Waals surface area contributed by atoms with Crippen LogP contribution in [0.25, 0.3) is 0 Å². The maximum Gasteiger partial charge on any atom is 0.250 e. The summed E-state index contributed by atoms with van der Waals surface area (Å²) in [4.78, 5) is 15.8. The number of piperidine rings is 1. The predicted octanol–water partition coefficient (Wildman–Crippen LogP) is 5.36. The van der Waals surface area contributed by atoms with Gasteiger partial charge >= 0.3 is 0 Å². The lowest BCUT2D eigenvalue weighted by molar-refractivity contribution is 0.568. The third kappa shape index (κ3) is 5.37. The van der Waals surface area contributed by atoms with E-state index in [4.69, 9.17) is 23.2 Å². The van der Waals surface area contributed by atoms with Crippen LogP contribution in [0.2, 0.25) is 10.0 Å². The van der Waals surface area contributed by atoms with Crippen molar-refractivity contribution >= 4 is 52.9 Å². The maximum atomic E-state index is 6.05. The van der Waals surface area contributed by atoms with E-state index in [2.05, 4.69) is 35.7 Å². The Bertz CT molecular complexity index is 1020. The number of benzene rings is 2. The minimum atomic E-state index is 0.361. The quantitative estimate of drug-likeness (QED) is 0.395. The lowest BCUT2D eigenvalue weighted by Gasteiger charge is -2.26. The Morgan fingerprint density at radius 3 is 2.40 bits per heavy atom. The van der Waals surface area contributed by atoms with Gasteiger partial charge in [-0.25, -0.2) is 5.43 Å². The van der Waals surface area contributed by atoms with E-state index < -0.39 is 0 Å². The van der Waals surface area contributed by atoms with Crippen molar-refractivity contribution in [2.75, 3.05) is 28.7 Å². The molecule has 1 aliphatic rings. The molecule has 2 heterocycles. The zero-order valence-corrected chi connectivity index (χ0v) is 17.7. The van der Waals surface area contributed by atoms with Crippen molar-refractivity contribution in [3.05, 3.63) is 64.1 Å². The first-order valence-electron chi connectivity index (χ1n) is 9.74. The van der Waals surface area contributed by atoms with Gasteiger partial charge < -0.3 is 10.2 Å². The standard InChI is InChI=1S/C21H21Cl2N7/c22-17-10-9-15(13-18(17)23)14-24-29-20-26-19(25-16-7-3-1-4-8-16)27-21(28-20)30-11-5-2-6-12-30/h1,3-4,7-10,13-14H,2,5-6,11-12H2,(H2,25,26,27,28,29). The van der Waals surface area contributed by atoms with Crippen molar-refractivity contribution in [3.63, 3.8) is 0 Å². The van der Waals surface area contributed by atoms with Crippen LogP contribution in [0.15, 0.2) is 53.6 Å². The van der Waals surface area contributed by atoms with Crippen LogP contribution < -0.4 is 15.6 Å². The first-order chi connectivity index (χ1) is 14.7. The molecule has 7 nitrogen and oxygen atoms in total. The first kappa shape index (κ1) is 20.4. The van der Waals surface area contributed by atoms with Gasteiger partial charge in [-0.05, 0) is 49.1 Å². The number of hydrogen-bond acceptors (Lipinski definition) is 7. The number of halogens is 2. The van der Waals surface area contributed by atoms with Gasteiger partial charge in [-0.1, -0.05) is 47.5 Å². The lowest BCUT2D eigenvalue weighted by atomic mass is 10.1. The topological polar surface area (TPSA) is 78.3 Å². The molecule has 0 saturated carbocycles. The highest BCUT2D eigenvalue weighted by molar-refractivity contribution is 6.42. The lowest BCUT2D eigenvalue weighted by Crippen LogP contribution is -2.31. The molecule has 1 aliphatic heterocycles. The van der Waals surface area contributed by atoms with Crippen molar-refractivity contribution in [1.29, 1.82) is 0 Å². The normalized spacial score (nSPS) is 14.1. The molecule has 0 spiro atoms. The van der Waals surface area contributed by atoms with E-state index in [1.54, 1.807) is 18.3 Å². The van der Waals surface area contributed by atoms with E-state index in [-0.39, 0.29) is 0 Å². The average molecular weight is 442 g/mol. The number of nitrogens with zero attached hydrogens (tertiary/aromatic N) is 5. The zero-order chi connectivity index (χ0) is 20.8. The fourth-order valence-electron chi connectivity index (χ4n) is 3.11. The molecule has 30 heavy (non-hydrogen) atoms. The summed E-state index contributed by atoms with van der Waals surface area (Å²) in [6, 6.07) is 15.1. The molecular formula is C21H21Cl2N7. The van der Waals surface area contributed by atoms with Gasteiger partial charge in [0.25, 0.3) is 0 Å². The highest BCUT2D eigenvalue weighted by Gasteiger charge is 2.16. The largest absolute Gasteiger partial charge is 0.341 e. The molecule has 0 radical (unpaired) electrons. The SMILES string of the molecule is Clc1ccc(C=NNc2nc(Nc3ccccc3)nc(N3CCCCC3)n2)cc1Cl. The van der Waals surface area contributed by atoms with Crippen LogP contribution in [0.3, 0.4) is 0 Å². The fourth-order valence-corrected chi connectivity index (χ4v) is 3.42. The summed E-state index contributed by atoms with van der Waals surface area (Å²) in [6.07, 6.45) is 5.13. The van der Waals surface area contributed by atoms with Crippen molar-refractivity contribution < 1.29 is 0 Å². The Labute approximate surface area is 185 Å². The minimum absolute atomic E-state index is 0.361. The van der Waals surface area contributed by atoms with Crippen molar-refractivity contribution in [3.8, 4) is 0 Å². The zero-order valence-electron chi connectivity index (χ0n) is 16.2. The second-order valence-corrected chi connectivity index (χ2v) is 7.68. The molecule has 1 fully saturated rings. The van der Waals surface area contributed by atoms with E-state index >= 15 is 0 Å². The number of aromatic nitrogens is 3. The fraction of sp³-hybridized carbons (Fsp3) is 0.238. The van der Waals surface area contributed by atoms with E-state index in [0.29, 0.717) is 27.9 Å². The van der Waals surface area contributed by atoms with Crippen molar-refractivity contribution in [1.82, 2.24) is 15.0 Å². The van der Waals surface area contributed by atoms with Crippen molar-refractivity contribution in [2.45, 2.75) is 19.3 Å². The average Bonchev–Trinajstić information content (AvgIpc) is 2.77. The Kier molecular flexibility index (Phi) is 6.61. The van der Waals surface area contributed by atoms with Gasteiger partial charge in [0, 0.05) is 18.8 Å². The smallest absolute Gasteiger partial charge is 0.250 e. The molecule has 1 saturated heterocycles. The molecule has 2 N–H and O–H groups in total. The summed E-state index contributed by atoms with van der Waals surface area (Å²) in [5, 5.41) is 8.45. The second kappa shape index (κ2) is 9.73. The third-order valence-corrected chi connectivity index (χ3v) is 5.35. The summed E-state index contributed by atoms with van der Waals surface area (Å²) in [5.74, 6) is 1.46. The van der Waals surface area contributed by atoms with Gasteiger partial charge in [0.1, 0.15) is 0 Å². The number of nitrogens with one attached hydrogen (secondary N) is 2. The first-order valence-corrected chi connectivity index (χ1v) is 10.5. The number of rotatable bonds is 6. The van der Waals surface area contributed by atoms with Gasteiger partial charge in [0.15, 0.2) is 0 Å². The summed E-state index contributed by atoms with van der Waals surface area (Å²) in [5.41, 5.74) is 4.61. The monoisotopic (exact) mass is 441 g/mol. The summed E-state index contributed by atoms with van der Waals surface area (Å²) < 4.78 is 0. The molecule has 154 valence electrons. The van der Waals surface area contributed by atoms with Gasteiger partial charge in [-0.2, -0.15) is 20.1 Å². The number of hydrazone groups is 1. The molecular weight excluding hydrogens is 421 g/mol. The van der Waals surface area contributed by atoms with Crippen LogP contribution in [0.4, 0.5) is 23.5 Å². The highest BCUT2D eigenvalue weighted by Crippen LogP contribution is 2.22. The van der Waals surface area contributed by atoms with Gasteiger partial charge in [-0.3, -0.25) is 0 Å². The Hall–Kier alpha value is -2.90. The predicted molar refractivity (Wildman–Crippen MR) is 123 cm³/mol. The van der Waals surface area contributed by atoms with E-state index in [1.807, 2.05) is 36.4 Å². The summed E-state index contributed by atoms with van der Waals surface area (Å²) in [6.45, 7) is 1.86. The molecule has 0 atom stereocenters. The number of anilines is 4. The number of hydrogen-bond donors (Lipinski definition) is 2. The second-order valence-electron chi connectivity index (χ2n) is 6.86. The maximum absolute atomic E-state index is 6.05. The Balaban J connectivity index is 1.56. The number of para-hydroxylation sites is 1. The molecule has 0 unspecified atom stereocenters. The van der Waals surface area contributed by atoms with Crippen LogP contribution in [-0.4, -0.2) is 34.3 Å². The van der Waals surface area contributed by atoms with Crippen LogP contribution >= 0.6 is 23.2 Å². The third-order valence-electron chi connectivity index (χ3n) is 4.61. The minimum Gasteiger partial charge on any atom is -0.341 e. The van der Waals surface area contributed by atoms with E-state index in [0.717, 1.165) is 37.2 Å². The molecule has 1 aromatic heterocycles. The van der Waals surface area contributed by atoms with Gasteiger partial charge in [0.2, 0.25) is 17.8 Å². The molecule has 2 aromatic carbocycles. The summed E-state index contributed by atoms with van der Waals surface area (Å²) >= 11 is 12.0. The van der Waals surface area contributed by atoms with Crippen LogP contribution in [-0.2, 0) is 0 Å². The molecule has 0 amide bonds. The molecule has 3 aromatic rings. The Morgan fingerprint density at radius 2 is 1.63 bits per heavy atom. The van der Waals surface area contributed by atoms with Crippen molar-refractivity contribution in [2.24, 2.45) is 5.10 Å². The molecule has 0 aliphatic carbocycles. The van der Waals surface area contributed by atoms with E-state index in [9.17, 15) is 0 Å². The van der Waals surface area contributed by atoms with Gasteiger partial charge in [-0.15, -0.1) is 0 Å². The van der Waals surface area contributed by atoms with Crippen LogP contribution in [0.5, 0.6) is 0 Å². The van der Waals surface area contributed by atoms with Crippen LogP contribution in [0.1, 0.15) is 24.8 Å². The van der Waals surface area contributed by atoms with Crippen LogP contribution in [0, 0.1) is 0 Å². The molecule has 9 heteroatoms. The molecule has 0 bridgehead atoms. The Morgan fingerprint density at radius 1 is 0.867 bits per heavy atom.